The zero-order chi connectivity index (χ0) is 16.2. The van der Waals surface area contributed by atoms with E-state index in [1.807, 2.05) is 6.92 Å². The Balaban J connectivity index is 2.85. The molecule has 0 heterocycles. The molecule has 21 heavy (non-hydrogen) atoms. The van der Waals surface area contributed by atoms with Crippen LogP contribution >= 0.6 is 23.8 Å². The first kappa shape index (κ1) is 17.9. The Morgan fingerprint density at radius 2 is 1.95 bits per heavy atom. The highest BCUT2D eigenvalue weighted by Gasteiger charge is 2.21. The van der Waals surface area contributed by atoms with Gasteiger partial charge in [0, 0.05) is 6.04 Å². The number of thiocarbonyl (C=S) groups is 1. The second-order valence-corrected chi connectivity index (χ2v) is 6.49. The Morgan fingerprint density at radius 1 is 1.33 bits per heavy atom. The number of alkyl halides is 2. The highest BCUT2D eigenvalue weighted by molar-refractivity contribution is 7.80. The van der Waals surface area contributed by atoms with Crippen LogP contribution in [0.25, 0.3) is 0 Å². The van der Waals surface area contributed by atoms with Gasteiger partial charge in [-0.3, -0.25) is 0 Å². The van der Waals surface area contributed by atoms with Crippen molar-refractivity contribution in [3.05, 3.63) is 23.2 Å². The van der Waals surface area contributed by atoms with E-state index in [1.54, 1.807) is 6.07 Å². The Morgan fingerprint density at radius 3 is 2.48 bits per heavy atom. The lowest BCUT2D eigenvalue weighted by Crippen LogP contribution is -2.43. The zero-order valence-corrected chi connectivity index (χ0v) is 13.9. The van der Waals surface area contributed by atoms with Gasteiger partial charge in [-0.2, -0.15) is 8.78 Å². The van der Waals surface area contributed by atoms with Crippen molar-refractivity contribution >= 4 is 34.6 Å². The van der Waals surface area contributed by atoms with E-state index in [0.29, 0.717) is 5.11 Å². The minimum Gasteiger partial charge on any atom is -0.433 e. The van der Waals surface area contributed by atoms with Crippen LogP contribution in [-0.2, 0) is 0 Å². The summed E-state index contributed by atoms with van der Waals surface area (Å²) in [4.78, 5) is 0. The number of para-hydroxylation sites is 1. The normalized spacial score (nSPS) is 13.0. The molecule has 0 amide bonds. The molecule has 0 aliphatic rings. The van der Waals surface area contributed by atoms with Gasteiger partial charge in [-0.05, 0) is 36.7 Å². The number of hydrogen-bond donors (Lipinski definition) is 2. The molecule has 0 fully saturated rings. The Kier molecular flexibility index (Phi) is 6.16. The maximum absolute atomic E-state index is 12.4. The number of ether oxygens (including phenoxy) is 1. The average molecular weight is 337 g/mol. The Labute approximate surface area is 134 Å². The summed E-state index contributed by atoms with van der Waals surface area (Å²) in [5, 5.41) is 6.46. The van der Waals surface area contributed by atoms with Crippen molar-refractivity contribution in [3.63, 3.8) is 0 Å². The molecule has 7 heteroatoms. The van der Waals surface area contributed by atoms with Crippen molar-refractivity contribution in [1.29, 1.82) is 0 Å². The third kappa shape index (κ3) is 5.63. The van der Waals surface area contributed by atoms with Gasteiger partial charge in [-0.25, -0.2) is 0 Å². The van der Waals surface area contributed by atoms with Crippen LogP contribution in [0.15, 0.2) is 18.2 Å². The zero-order valence-electron chi connectivity index (χ0n) is 12.3. The van der Waals surface area contributed by atoms with Crippen molar-refractivity contribution in [3.8, 4) is 5.75 Å². The summed E-state index contributed by atoms with van der Waals surface area (Å²) in [7, 11) is 0. The van der Waals surface area contributed by atoms with Crippen LogP contribution < -0.4 is 15.4 Å². The minimum absolute atomic E-state index is 0.00543. The van der Waals surface area contributed by atoms with E-state index in [4.69, 9.17) is 23.8 Å². The summed E-state index contributed by atoms with van der Waals surface area (Å²) in [6.45, 7) is 5.24. The molecule has 1 aromatic rings. The number of hydrogen-bond acceptors (Lipinski definition) is 2. The highest BCUT2D eigenvalue weighted by atomic mass is 35.5. The summed E-state index contributed by atoms with van der Waals surface area (Å²) in [6, 6.07) is 4.58. The topological polar surface area (TPSA) is 33.3 Å². The summed E-state index contributed by atoms with van der Waals surface area (Å²) >= 11 is 11.2. The van der Waals surface area contributed by atoms with Crippen molar-refractivity contribution in [2.75, 3.05) is 5.32 Å². The van der Waals surface area contributed by atoms with Crippen molar-refractivity contribution in [2.24, 2.45) is 5.41 Å². The van der Waals surface area contributed by atoms with Gasteiger partial charge in [-0.1, -0.05) is 38.4 Å². The quantitative estimate of drug-likeness (QED) is 0.783. The molecule has 1 atom stereocenters. The molecule has 0 saturated heterocycles. The fraction of sp³-hybridized carbons (Fsp3) is 0.500. The molecule has 2 N–H and O–H groups in total. The fourth-order valence-electron chi connectivity index (χ4n) is 1.38. The molecule has 0 aromatic heterocycles. The molecule has 0 radical (unpaired) electrons. The van der Waals surface area contributed by atoms with Crippen molar-refractivity contribution in [2.45, 2.75) is 40.3 Å². The number of benzene rings is 1. The van der Waals surface area contributed by atoms with Gasteiger partial charge in [0.1, 0.15) is 5.69 Å². The van der Waals surface area contributed by atoms with Crippen LogP contribution in [0, 0.1) is 5.41 Å². The molecule has 118 valence electrons. The molecule has 0 spiro atoms. The fourth-order valence-corrected chi connectivity index (χ4v) is 1.87. The maximum atomic E-state index is 12.4. The van der Waals surface area contributed by atoms with E-state index in [0.717, 1.165) is 0 Å². The van der Waals surface area contributed by atoms with E-state index in [9.17, 15) is 8.78 Å². The maximum Gasteiger partial charge on any atom is 0.387 e. The lowest BCUT2D eigenvalue weighted by Gasteiger charge is -2.29. The predicted octanol–water partition coefficient (Wildman–Crippen LogP) is 4.66. The largest absolute Gasteiger partial charge is 0.433 e. The molecule has 0 unspecified atom stereocenters. The van der Waals surface area contributed by atoms with E-state index in [1.165, 1.54) is 12.1 Å². The third-order valence-corrected chi connectivity index (χ3v) is 3.61. The molecular weight excluding hydrogens is 318 g/mol. The molecule has 1 rings (SSSR count). The second-order valence-electron chi connectivity index (χ2n) is 5.68. The molecule has 0 bridgehead atoms. The van der Waals surface area contributed by atoms with E-state index in [2.05, 4.69) is 36.1 Å². The lowest BCUT2D eigenvalue weighted by atomic mass is 9.88. The first-order valence-corrected chi connectivity index (χ1v) is 7.20. The van der Waals surface area contributed by atoms with Gasteiger partial charge >= 0.3 is 6.61 Å². The van der Waals surface area contributed by atoms with Gasteiger partial charge in [-0.15, -0.1) is 0 Å². The average Bonchev–Trinajstić information content (AvgIpc) is 2.31. The van der Waals surface area contributed by atoms with Gasteiger partial charge in [0.15, 0.2) is 10.9 Å². The number of anilines is 1. The number of rotatable bonds is 4. The van der Waals surface area contributed by atoms with Crippen molar-refractivity contribution in [1.82, 2.24) is 5.32 Å². The second kappa shape index (κ2) is 7.22. The minimum atomic E-state index is -2.93. The van der Waals surface area contributed by atoms with Crippen LogP contribution in [0.2, 0.25) is 5.02 Å². The van der Waals surface area contributed by atoms with E-state index >= 15 is 0 Å². The van der Waals surface area contributed by atoms with Gasteiger partial charge in [0.2, 0.25) is 0 Å². The van der Waals surface area contributed by atoms with Crippen LogP contribution in [0.3, 0.4) is 0 Å². The Hall–Kier alpha value is -1.14. The SMILES string of the molecule is C[C@@H](NC(=S)Nc1c(Cl)cccc1OC(F)F)C(C)(C)C. The molecule has 0 aliphatic carbocycles. The molecule has 1 aromatic carbocycles. The van der Waals surface area contributed by atoms with E-state index in [-0.39, 0.29) is 27.9 Å². The van der Waals surface area contributed by atoms with Crippen LogP contribution in [-0.4, -0.2) is 17.8 Å². The molecule has 0 saturated carbocycles. The molecular formula is C14H19ClF2N2OS. The van der Waals surface area contributed by atoms with Gasteiger partial charge < -0.3 is 15.4 Å². The predicted molar refractivity (Wildman–Crippen MR) is 86.4 cm³/mol. The first-order valence-electron chi connectivity index (χ1n) is 6.42. The first-order chi connectivity index (χ1) is 9.61. The van der Waals surface area contributed by atoms with Crippen LogP contribution in [0.5, 0.6) is 5.75 Å². The molecule has 3 nitrogen and oxygen atoms in total. The van der Waals surface area contributed by atoms with Gasteiger partial charge in [0.05, 0.1) is 5.02 Å². The standard InChI is InChI=1S/C14H19ClF2N2OS/c1-8(14(2,3)4)18-13(21)19-11-9(15)6-5-7-10(11)20-12(16)17/h5-8,12H,1-4H3,(H2,18,19,21)/t8-/m1/s1. The van der Waals surface area contributed by atoms with E-state index < -0.39 is 6.61 Å². The smallest absolute Gasteiger partial charge is 0.387 e. The lowest BCUT2D eigenvalue weighted by molar-refractivity contribution is -0.0493. The van der Waals surface area contributed by atoms with Crippen molar-refractivity contribution < 1.29 is 13.5 Å². The number of halogens is 3. The van der Waals surface area contributed by atoms with Gasteiger partial charge in [0.25, 0.3) is 0 Å². The van der Waals surface area contributed by atoms with Crippen LogP contribution in [0.4, 0.5) is 14.5 Å². The summed E-state index contributed by atoms with van der Waals surface area (Å²) < 4.78 is 29.2. The number of nitrogens with one attached hydrogen (secondary N) is 2. The Bertz CT molecular complexity index is 506. The molecule has 0 aliphatic heterocycles. The monoisotopic (exact) mass is 336 g/mol. The van der Waals surface area contributed by atoms with Crippen LogP contribution in [0.1, 0.15) is 27.7 Å². The summed E-state index contributed by atoms with van der Waals surface area (Å²) in [6.07, 6.45) is 0. The highest BCUT2D eigenvalue weighted by Crippen LogP contribution is 2.33. The third-order valence-electron chi connectivity index (χ3n) is 3.08. The summed E-state index contributed by atoms with van der Waals surface area (Å²) in [5.74, 6) is -0.0509. The summed E-state index contributed by atoms with van der Waals surface area (Å²) in [5.41, 5.74) is 0.215.